The maximum atomic E-state index is 13.1. The molecule has 0 aliphatic carbocycles. The monoisotopic (exact) mass is 338 g/mol. The van der Waals surface area contributed by atoms with Gasteiger partial charge in [0.15, 0.2) is 0 Å². The molecule has 1 aromatic heterocycles. The summed E-state index contributed by atoms with van der Waals surface area (Å²) in [5.74, 6) is 0.304. The predicted molar refractivity (Wildman–Crippen MR) is 81.8 cm³/mol. The third kappa shape index (κ3) is 3.49. The summed E-state index contributed by atoms with van der Waals surface area (Å²) in [5.41, 5.74) is 6.44. The summed E-state index contributed by atoms with van der Waals surface area (Å²) in [6, 6.07) is 6.83. The number of aliphatic hydroxyl groups excluding tert-OH is 1. The zero-order chi connectivity index (χ0) is 17.3. The molecule has 128 valence electrons. The van der Waals surface area contributed by atoms with Gasteiger partial charge in [-0.05, 0) is 23.3 Å². The van der Waals surface area contributed by atoms with E-state index in [0.717, 1.165) is 17.3 Å². The van der Waals surface area contributed by atoms with Gasteiger partial charge in [-0.3, -0.25) is 4.90 Å². The Kier molecular flexibility index (Phi) is 4.42. The number of benzene rings is 1. The fraction of sp³-hybridized carbons (Fsp3) is 0.375. The van der Waals surface area contributed by atoms with Crippen molar-refractivity contribution in [2.75, 3.05) is 18.8 Å². The first kappa shape index (κ1) is 16.7. The first-order valence-corrected chi connectivity index (χ1v) is 7.52. The van der Waals surface area contributed by atoms with Crippen molar-refractivity contribution in [3.8, 4) is 0 Å². The van der Waals surface area contributed by atoms with E-state index in [9.17, 15) is 18.3 Å². The second-order valence-corrected chi connectivity index (χ2v) is 5.83. The average molecular weight is 338 g/mol. The van der Waals surface area contributed by atoms with Crippen LogP contribution in [0, 0.1) is 0 Å². The highest BCUT2D eigenvalue weighted by atomic mass is 19.4. The summed E-state index contributed by atoms with van der Waals surface area (Å²) in [6.07, 6.45) is -5.09. The lowest BCUT2D eigenvalue weighted by molar-refractivity contribution is -0.139. The van der Waals surface area contributed by atoms with Crippen molar-refractivity contribution < 1.29 is 18.3 Å². The number of hydrogen-bond acceptors (Lipinski definition) is 5. The van der Waals surface area contributed by atoms with Gasteiger partial charge in [-0.1, -0.05) is 18.2 Å². The van der Waals surface area contributed by atoms with Crippen LogP contribution in [0.3, 0.4) is 0 Å². The Morgan fingerprint density at radius 1 is 1.25 bits per heavy atom. The Morgan fingerprint density at radius 3 is 2.75 bits per heavy atom. The average Bonchev–Trinajstić information content (AvgIpc) is 2.53. The maximum absolute atomic E-state index is 13.1. The van der Waals surface area contributed by atoms with Crippen LogP contribution in [-0.4, -0.2) is 33.3 Å². The van der Waals surface area contributed by atoms with Crippen molar-refractivity contribution in [2.45, 2.75) is 25.2 Å². The van der Waals surface area contributed by atoms with Gasteiger partial charge in [-0.15, -0.1) is 5.10 Å². The number of aliphatic hydroxyl groups is 1. The summed E-state index contributed by atoms with van der Waals surface area (Å²) in [6.45, 7) is 1.17. The molecule has 0 spiro atoms. The molecule has 0 saturated heterocycles. The number of rotatable bonds is 3. The number of β-amino-alcohol motifs (C(OH)–C–C–N with tert-alkyl or cyclic N) is 1. The van der Waals surface area contributed by atoms with Gasteiger partial charge in [-0.2, -0.15) is 18.3 Å². The van der Waals surface area contributed by atoms with Crippen molar-refractivity contribution in [2.24, 2.45) is 0 Å². The third-order valence-electron chi connectivity index (χ3n) is 4.09. The van der Waals surface area contributed by atoms with Gasteiger partial charge < -0.3 is 10.8 Å². The van der Waals surface area contributed by atoms with E-state index in [0.29, 0.717) is 25.3 Å². The molecule has 0 fully saturated rings. The van der Waals surface area contributed by atoms with Crippen molar-refractivity contribution >= 4 is 5.82 Å². The standard InChI is InChI=1S/C16H17F3N4O/c17-16(18,19)12-4-2-1-3-11(12)14(24)9-23-6-5-13-10(8-23)7-15(20)22-21-13/h1-4,7,14,24H,5-6,8-9H2,(H2,20,22). The number of hydrogen-bond donors (Lipinski definition) is 2. The first-order valence-electron chi connectivity index (χ1n) is 7.52. The molecule has 1 aromatic carbocycles. The molecule has 3 N–H and O–H groups in total. The van der Waals surface area contributed by atoms with E-state index < -0.39 is 17.8 Å². The highest BCUT2D eigenvalue weighted by molar-refractivity contribution is 5.35. The van der Waals surface area contributed by atoms with E-state index in [1.54, 1.807) is 6.07 Å². The molecule has 0 radical (unpaired) electrons. The van der Waals surface area contributed by atoms with Gasteiger partial charge in [-0.25, -0.2) is 0 Å². The van der Waals surface area contributed by atoms with Gasteiger partial charge >= 0.3 is 6.18 Å². The van der Waals surface area contributed by atoms with Crippen LogP contribution < -0.4 is 5.73 Å². The number of halogens is 3. The lowest BCUT2D eigenvalue weighted by atomic mass is 10.00. The lowest BCUT2D eigenvalue weighted by Gasteiger charge is -2.30. The molecule has 1 atom stereocenters. The van der Waals surface area contributed by atoms with E-state index in [-0.39, 0.29) is 12.1 Å². The number of nitrogens with zero attached hydrogens (tertiary/aromatic N) is 3. The van der Waals surface area contributed by atoms with Crippen LogP contribution in [0.1, 0.15) is 28.5 Å². The maximum Gasteiger partial charge on any atom is 0.416 e. The van der Waals surface area contributed by atoms with Gasteiger partial charge in [0.2, 0.25) is 0 Å². The molecule has 5 nitrogen and oxygen atoms in total. The minimum atomic E-state index is -4.49. The van der Waals surface area contributed by atoms with Crippen LogP contribution in [0.5, 0.6) is 0 Å². The van der Waals surface area contributed by atoms with Gasteiger partial charge in [0.25, 0.3) is 0 Å². The normalized spacial score (nSPS) is 16.7. The van der Waals surface area contributed by atoms with Crippen molar-refractivity contribution in [1.82, 2.24) is 15.1 Å². The van der Waals surface area contributed by atoms with Gasteiger partial charge in [0.1, 0.15) is 5.82 Å². The third-order valence-corrected chi connectivity index (χ3v) is 4.09. The summed E-state index contributed by atoms with van der Waals surface area (Å²) in [4.78, 5) is 1.89. The van der Waals surface area contributed by atoms with Gasteiger partial charge in [0, 0.05) is 26.1 Å². The van der Waals surface area contributed by atoms with Crippen molar-refractivity contribution in [1.29, 1.82) is 0 Å². The number of anilines is 1. The summed E-state index contributed by atoms with van der Waals surface area (Å²) in [5, 5.41) is 18.1. The Labute approximate surface area is 136 Å². The molecule has 1 aliphatic heterocycles. The Bertz CT molecular complexity index is 736. The number of fused-ring (bicyclic) bond motifs is 1. The fourth-order valence-corrected chi connectivity index (χ4v) is 2.95. The molecular weight excluding hydrogens is 321 g/mol. The SMILES string of the molecule is Nc1cc2c(nn1)CCN(CC(O)c1ccccc1C(F)(F)F)C2. The minimum Gasteiger partial charge on any atom is -0.387 e. The Balaban J connectivity index is 1.76. The van der Waals surface area contributed by atoms with Crippen LogP contribution in [0.25, 0.3) is 0 Å². The fourth-order valence-electron chi connectivity index (χ4n) is 2.95. The second kappa shape index (κ2) is 6.37. The Hall–Kier alpha value is -2.19. The van der Waals surface area contributed by atoms with Crippen LogP contribution in [0.4, 0.5) is 19.0 Å². The number of aromatic nitrogens is 2. The Morgan fingerprint density at radius 2 is 2.00 bits per heavy atom. The van der Waals surface area contributed by atoms with Crippen LogP contribution in [0.2, 0.25) is 0 Å². The molecule has 0 saturated carbocycles. The number of nitrogens with two attached hydrogens (primary N) is 1. The first-order chi connectivity index (χ1) is 11.3. The van der Waals surface area contributed by atoms with E-state index in [4.69, 9.17) is 5.73 Å². The largest absolute Gasteiger partial charge is 0.416 e. The van der Waals surface area contributed by atoms with Crippen LogP contribution in [-0.2, 0) is 19.1 Å². The smallest absolute Gasteiger partial charge is 0.387 e. The lowest BCUT2D eigenvalue weighted by Crippen LogP contribution is -2.35. The number of nitrogen functional groups attached to an aromatic ring is 1. The highest BCUT2D eigenvalue weighted by Gasteiger charge is 2.35. The van der Waals surface area contributed by atoms with Crippen LogP contribution in [0.15, 0.2) is 30.3 Å². The molecule has 1 unspecified atom stereocenters. The molecule has 0 bridgehead atoms. The van der Waals surface area contributed by atoms with Crippen LogP contribution >= 0.6 is 0 Å². The van der Waals surface area contributed by atoms with E-state index in [1.807, 2.05) is 4.90 Å². The molecule has 8 heteroatoms. The highest BCUT2D eigenvalue weighted by Crippen LogP contribution is 2.35. The quantitative estimate of drug-likeness (QED) is 0.897. The van der Waals surface area contributed by atoms with E-state index >= 15 is 0 Å². The minimum absolute atomic E-state index is 0.106. The zero-order valence-corrected chi connectivity index (χ0v) is 12.8. The second-order valence-electron chi connectivity index (χ2n) is 5.83. The number of alkyl halides is 3. The molecular formula is C16H17F3N4O. The molecule has 24 heavy (non-hydrogen) atoms. The molecule has 2 aromatic rings. The molecule has 0 amide bonds. The topological polar surface area (TPSA) is 75.3 Å². The summed E-state index contributed by atoms with van der Waals surface area (Å²) < 4.78 is 39.2. The summed E-state index contributed by atoms with van der Waals surface area (Å²) in [7, 11) is 0. The zero-order valence-electron chi connectivity index (χ0n) is 12.8. The van der Waals surface area contributed by atoms with E-state index in [1.165, 1.54) is 18.2 Å². The predicted octanol–water partition coefficient (Wildman–Crippen LogP) is 2.17. The molecule has 3 rings (SSSR count). The summed E-state index contributed by atoms with van der Waals surface area (Å²) >= 11 is 0. The van der Waals surface area contributed by atoms with E-state index in [2.05, 4.69) is 10.2 Å². The molecule has 2 heterocycles. The van der Waals surface area contributed by atoms with Crippen molar-refractivity contribution in [3.05, 3.63) is 52.7 Å². The van der Waals surface area contributed by atoms with Crippen molar-refractivity contribution in [3.63, 3.8) is 0 Å². The molecule has 1 aliphatic rings. The van der Waals surface area contributed by atoms with Gasteiger partial charge in [0.05, 0.1) is 17.4 Å².